The minimum atomic E-state index is 0.636. The van der Waals surface area contributed by atoms with Crippen molar-refractivity contribution in [3.63, 3.8) is 0 Å². The second kappa shape index (κ2) is 16.0. The highest BCUT2D eigenvalue weighted by Gasteiger charge is 2.23. The Balaban J connectivity index is 0.812. The van der Waals surface area contributed by atoms with E-state index in [1.807, 2.05) is 0 Å². The molecule has 0 saturated heterocycles. The number of fused-ring (bicyclic) bond motifs is 15. The predicted molar refractivity (Wildman–Crippen MR) is 318 cm³/mol. The van der Waals surface area contributed by atoms with Crippen LogP contribution in [0.1, 0.15) is 0 Å². The minimum Gasteiger partial charge on any atom is -0.450 e. The van der Waals surface area contributed by atoms with Crippen LogP contribution in [0.15, 0.2) is 259 Å². The van der Waals surface area contributed by atoms with Crippen LogP contribution in [0.2, 0.25) is 0 Å². The Hall–Kier alpha value is -10.5. The zero-order valence-corrected chi connectivity index (χ0v) is 41.3. The molecule has 0 aliphatic carbocycles. The van der Waals surface area contributed by atoms with E-state index in [1.165, 1.54) is 54.4 Å². The summed E-state index contributed by atoms with van der Waals surface area (Å²) >= 11 is 0. The lowest BCUT2D eigenvalue weighted by atomic mass is 10.0. The van der Waals surface area contributed by atoms with Crippen molar-refractivity contribution in [3.05, 3.63) is 255 Å². The molecule has 0 bridgehead atoms. The van der Waals surface area contributed by atoms with E-state index in [9.17, 15) is 0 Å². The molecular weight excluding hydrogens is 941 g/mol. The lowest BCUT2D eigenvalue weighted by Crippen LogP contribution is -1.99. The van der Waals surface area contributed by atoms with Crippen molar-refractivity contribution in [2.45, 2.75) is 0 Å². The highest BCUT2D eigenvalue weighted by Crippen LogP contribution is 2.43. The summed E-state index contributed by atoms with van der Waals surface area (Å²) in [6.07, 6.45) is 1.68. The van der Waals surface area contributed by atoms with Crippen molar-refractivity contribution in [2.75, 3.05) is 0 Å². The van der Waals surface area contributed by atoms with E-state index in [1.54, 1.807) is 6.33 Å². The van der Waals surface area contributed by atoms with Crippen LogP contribution in [-0.2, 0) is 0 Å². The van der Waals surface area contributed by atoms with E-state index in [4.69, 9.17) is 14.4 Å². The van der Waals surface area contributed by atoms with Crippen molar-refractivity contribution < 1.29 is 4.42 Å². The third-order valence-corrected chi connectivity index (χ3v) is 16.1. The standard InChI is InChI=1S/C70H42N6O/c1-3-15-47(16-4-1)73-60-24-12-9-21-52(60)56-37-43(29-34-63(56)73)45-27-32-54-50-19-7-11-23-59(50)75(65(54)39-45)49-31-36-67-58(41-49)68-69(77-67)70(72-42-71-68)76-62-26-14-8-20-51(62)55-33-28-46(40-66(55)76)44-30-35-64-57(38-44)53-22-10-13-25-61(53)74(64)48-17-5-2-6-18-48/h1-42H. The molecule has 0 saturated carbocycles. The van der Waals surface area contributed by atoms with Crippen LogP contribution in [-0.4, -0.2) is 28.2 Å². The Morgan fingerprint density at radius 2 is 0.662 bits per heavy atom. The van der Waals surface area contributed by atoms with Crippen LogP contribution >= 0.6 is 0 Å². The van der Waals surface area contributed by atoms with Gasteiger partial charge in [0.2, 0.25) is 0 Å². The smallest absolute Gasteiger partial charge is 0.197 e. The van der Waals surface area contributed by atoms with E-state index in [0.717, 1.165) is 88.6 Å². The lowest BCUT2D eigenvalue weighted by Gasteiger charge is -2.10. The largest absolute Gasteiger partial charge is 0.450 e. The maximum absolute atomic E-state index is 6.91. The van der Waals surface area contributed by atoms with Gasteiger partial charge in [0.05, 0.1) is 44.1 Å². The summed E-state index contributed by atoms with van der Waals surface area (Å²) < 4.78 is 16.3. The molecule has 0 fully saturated rings. The Morgan fingerprint density at radius 1 is 0.260 bits per heavy atom. The maximum atomic E-state index is 6.91. The first-order valence-electron chi connectivity index (χ1n) is 26.1. The van der Waals surface area contributed by atoms with Crippen LogP contribution in [0.4, 0.5) is 0 Å². The van der Waals surface area contributed by atoms with Crippen LogP contribution < -0.4 is 0 Å². The van der Waals surface area contributed by atoms with Crippen molar-refractivity contribution in [2.24, 2.45) is 0 Å². The highest BCUT2D eigenvalue weighted by atomic mass is 16.3. The van der Waals surface area contributed by atoms with Gasteiger partial charge in [-0.25, -0.2) is 9.97 Å². The Kier molecular flexibility index (Phi) is 8.71. The Morgan fingerprint density at radius 3 is 1.19 bits per heavy atom. The summed E-state index contributed by atoms with van der Waals surface area (Å²) in [7, 11) is 0. The van der Waals surface area contributed by atoms with Gasteiger partial charge in [0, 0.05) is 65.5 Å². The summed E-state index contributed by atoms with van der Waals surface area (Å²) in [5.74, 6) is 0.697. The fraction of sp³-hybridized carbons (Fsp3) is 0. The molecule has 11 aromatic carbocycles. The quantitative estimate of drug-likeness (QED) is 0.167. The number of aromatic nitrogens is 6. The van der Waals surface area contributed by atoms with Crippen molar-refractivity contribution >= 4 is 109 Å². The number of hydrogen-bond donors (Lipinski definition) is 0. The molecule has 6 heterocycles. The normalized spacial score (nSPS) is 12.2. The van der Waals surface area contributed by atoms with Gasteiger partial charge in [0.1, 0.15) is 17.4 Å². The van der Waals surface area contributed by atoms with Crippen LogP contribution in [0.5, 0.6) is 0 Å². The second-order valence-electron chi connectivity index (χ2n) is 20.2. The predicted octanol–water partition coefficient (Wildman–Crippen LogP) is 18.1. The summed E-state index contributed by atoms with van der Waals surface area (Å²) in [6.45, 7) is 0. The maximum Gasteiger partial charge on any atom is 0.197 e. The van der Waals surface area contributed by atoms with Crippen molar-refractivity contribution in [1.82, 2.24) is 28.2 Å². The van der Waals surface area contributed by atoms with Gasteiger partial charge in [-0.1, -0.05) is 146 Å². The lowest BCUT2D eigenvalue weighted by molar-refractivity contribution is 0.662. The second-order valence-corrected chi connectivity index (χ2v) is 20.2. The van der Waals surface area contributed by atoms with Crippen molar-refractivity contribution in [3.8, 4) is 45.1 Å². The molecule has 17 rings (SSSR count). The fourth-order valence-corrected chi connectivity index (χ4v) is 12.7. The molecule has 358 valence electrons. The molecule has 0 atom stereocenters. The van der Waals surface area contributed by atoms with Gasteiger partial charge in [0.25, 0.3) is 0 Å². The molecule has 7 heteroatoms. The van der Waals surface area contributed by atoms with Gasteiger partial charge >= 0.3 is 0 Å². The van der Waals surface area contributed by atoms with Gasteiger partial charge in [-0.05, 0) is 125 Å². The average molecular weight is 983 g/mol. The molecule has 0 radical (unpaired) electrons. The molecule has 77 heavy (non-hydrogen) atoms. The van der Waals surface area contributed by atoms with E-state index in [2.05, 4.69) is 267 Å². The van der Waals surface area contributed by atoms with Gasteiger partial charge in [-0.2, -0.15) is 0 Å². The Labute approximate surface area is 440 Å². The number of benzene rings is 11. The zero-order chi connectivity index (χ0) is 50.3. The Bertz CT molecular complexity index is 5290. The van der Waals surface area contributed by atoms with Gasteiger partial charge in [0.15, 0.2) is 11.4 Å². The number of rotatable bonds is 6. The van der Waals surface area contributed by atoms with Crippen LogP contribution in [0, 0.1) is 0 Å². The molecular formula is C70H42N6O. The van der Waals surface area contributed by atoms with E-state index in [-0.39, 0.29) is 0 Å². The molecule has 0 aliphatic rings. The third-order valence-electron chi connectivity index (χ3n) is 16.1. The van der Waals surface area contributed by atoms with Gasteiger partial charge in [-0.15, -0.1) is 0 Å². The first-order chi connectivity index (χ1) is 38.2. The molecule has 0 unspecified atom stereocenters. The number of furan rings is 1. The van der Waals surface area contributed by atoms with Crippen LogP contribution in [0.3, 0.4) is 0 Å². The van der Waals surface area contributed by atoms with Crippen molar-refractivity contribution in [1.29, 1.82) is 0 Å². The SMILES string of the molecule is c1ccc(-n2c3ccccc3c3cc(-c4ccc5c6ccccc6n(-c6ccc7oc8c(-n9c%10ccccc%10c%10ccc(-c%11ccc%12c(c%11)c%11ccccc%11n%12-c%11ccccc%11)cc%109)ncnc8c7c6)c5c4)ccc32)cc1. The molecule has 0 aliphatic heterocycles. The average Bonchev–Trinajstić information content (AvgIpc) is 4.49. The monoisotopic (exact) mass is 982 g/mol. The third kappa shape index (κ3) is 6.08. The summed E-state index contributed by atoms with van der Waals surface area (Å²) in [6, 6.07) is 89.9. The van der Waals surface area contributed by atoms with E-state index in [0.29, 0.717) is 11.4 Å². The van der Waals surface area contributed by atoms with Gasteiger partial charge < -0.3 is 18.1 Å². The molecule has 7 nitrogen and oxygen atoms in total. The van der Waals surface area contributed by atoms with E-state index < -0.39 is 0 Å². The molecule has 6 aromatic heterocycles. The van der Waals surface area contributed by atoms with E-state index >= 15 is 0 Å². The highest BCUT2D eigenvalue weighted by molar-refractivity contribution is 6.16. The molecule has 0 N–H and O–H groups in total. The van der Waals surface area contributed by atoms with Crippen LogP contribution in [0.25, 0.3) is 154 Å². The first kappa shape index (κ1) is 41.9. The topological polar surface area (TPSA) is 58.6 Å². The fourth-order valence-electron chi connectivity index (χ4n) is 12.7. The molecule has 0 amide bonds. The summed E-state index contributed by atoms with van der Waals surface area (Å²) in [5, 5.41) is 10.5. The number of para-hydroxylation sites is 6. The zero-order valence-electron chi connectivity index (χ0n) is 41.3. The minimum absolute atomic E-state index is 0.636. The molecule has 17 aromatic rings. The van der Waals surface area contributed by atoms with Gasteiger partial charge in [-0.3, -0.25) is 4.57 Å². The molecule has 0 spiro atoms. The summed E-state index contributed by atoms with van der Waals surface area (Å²) in [4.78, 5) is 10.0. The summed E-state index contributed by atoms with van der Waals surface area (Å²) in [5.41, 5.74) is 19.1. The first-order valence-corrected chi connectivity index (χ1v) is 26.1. The number of nitrogens with zero attached hydrogens (tertiary/aromatic N) is 6. The number of hydrogen-bond acceptors (Lipinski definition) is 3.